The molecule has 26 heavy (non-hydrogen) atoms. The van der Waals surface area contributed by atoms with Gasteiger partial charge in [-0.1, -0.05) is 32.0 Å². The van der Waals surface area contributed by atoms with E-state index in [-0.39, 0.29) is 17.7 Å². The number of aryl methyl sites for hydroxylation is 1. The quantitative estimate of drug-likeness (QED) is 0.851. The molecule has 0 spiro atoms. The van der Waals surface area contributed by atoms with Crippen LogP contribution >= 0.6 is 0 Å². The number of hydrogen-bond donors (Lipinski definition) is 0. The number of carbonyl (C=O) groups is 2. The summed E-state index contributed by atoms with van der Waals surface area (Å²) in [6.45, 7) is 10.1. The van der Waals surface area contributed by atoms with Gasteiger partial charge in [0.05, 0.1) is 23.1 Å². The van der Waals surface area contributed by atoms with Crippen molar-refractivity contribution in [1.29, 1.82) is 0 Å². The fourth-order valence-corrected chi connectivity index (χ4v) is 3.33. The summed E-state index contributed by atoms with van der Waals surface area (Å²) >= 11 is 0. The molecule has 2 aromatic rings. The lowest BCUT2D eigenvalue weighted by Gasteiger charge is -2.35. The molecule has 6 heteroatoms. The molecule has 1 aromatic heterocycles. The number of amides is 2. The van der Waals surface area contributed by atoms with Gasteiger partial charge in [0.2, 0.25) is 5.91 Å². The summed E-state index contributed by atoms with van der Waals surface area (Å²) in [7, 11) is 0. The van der Waals surface area contributed by atoms with Crippen LogP contribution in [0, 0.1) is 19.8 Å². The Hall–Kier alpha value is -2.63. The Labute approximate surface area is 154 Å². The van der Waals surface area contributed by atoms with Crippen molar-refractivity contribution in [3.63, 3.8) is 0 Å². The maximum atomic E-state index is 12.9. The van der Waals surface area contributed by atoms with E-state index in [2.05, 4.69) is 5.10 Å². The standard InChI is InChI=1S/C20H26N4O2/c1-14(2)19(25)22-9-11-23(12-10-22)20(26)17-13-21-24(16(17)4)18-8-6-5-7-15(18)3/h5-8,13-14H,9-12H2,1-4H3. The maximum absolute atomic E-state index is 12.9. The van der Waals surface area contributed by atoms with Crippen LogP contribution in [0.5, 0.6) is 0 Å². The summed E-state index contributed by atoms with van der Waals surface area (Å²) in [5.74, 6) is 0.131. The van der Waals surface area contributed by atoms with Crippen LogP contribution in [0.1, 0.15) is 35.5 Å². The first-order chi connectivity index (χ1) is 12.4. The van der Waals surface area contributed by atoms with Gasteiger partial charge in [0.1, 0.15) is 0 Å². The minimum atomic E-state index is -0.0148. The van der Waals surface area contributed by atoms with E-state index in [9.17, 15) is 9.59 Å². The molecule has 6 nitrogen and oxygen atoms in total. The topological polar surface area (TPSA) is 58.4 Å². The molecule has 1 fully saturated rings. The highest BCUT2D eigenvalue weighted by Crippen LogP contribution is 2.19. The molecular formula is C20H26N4O2. The van der Waals surface area contributed by atoms with Crippen molar-refractivity contribution in [3.05, 3.63) is 47.3 Å². The number of rotatable bonds is 3. The zero-order valence-electron chi connectivity index (χ0n) is 15.9. The summed E-state index contributed by atoms with van der Waals surface area (Å²) in [4.78, 5) is 28.7. The van der Waals surface area contributed by atoms with E-state index in [0.29, 0.717) is 31.7 Å². The van der Waals surface area contributed by atoms with Crippen molar-refractivity contribution in [3.8, 4) is 5.69 Å². The molecule has 1 aromatic carbocycles. The van der Waals surface area contributed by atoms with E-state index in [0.717, 1.165) is 16.9 Å². The van der Waals surface area contributed by atoms with Crippen molar-refractivity contribution in [2.45, 2.75) is 27.7 Å². The Balaban J connectivity index is 1.74. The molecule has 1 aliphatic rings. The Bertz CT molecular complexity index is 817. The van der Waals surface area contributed by atoms with Gasteiger partial charge in [-0.25, -0.2) is 4.68 Å². The summed E-state index contributed by atoms with van der Waals surface area (Å²) in [5.41, 5.74) is 3.55. The molecule has 1 aliphatic heterocycles. The van der Waals surface area contributed by atoms with Crippen molar-refractivity contribution >= 4 is 11.8 Å². The smallest absolute Gasteiger partial charge is 0.257 e. The number of piperazine rings is 1. The number of hydrogen-bond acceptors (Lipinski definition) is 3. The van der Waals surface area contributed by atoms with Crippen LogP contribution in [-0.4, -0.2) is 57.6 Å². The predicted molar refractivity (Wildman–Crippen MR) is 100 cm³/mol. The molecule has 0 atom stereocenters. The van der Waals surface area contributed by atoms with Gasteiger partial charge in [-0.3, -0.25) is 9.59 Å². The Morgan fingerprint density at radius 3 is 2.23 bits per heavy atom. The van der Waals surface area contributed by atoms with E-state index in [4.69, 9.17) is 0 Å². The van der Waals surface area contributed by atoms with Crippen LogP contribution in [0.4, 0.5) is 0 Å². The molecule has 0 radical (unpaired) electrons. The minimum absolute atomic E-state index is 0.00756. The Morgan fingerprint density at radius 1 is 1.00 bits per heavy atom. The van der Waals surface area contributed by atoms with Gasteiger partial charge in [-0.15, -0.1) is 0 Å². The zero-order valence-corrected chi connectivity index (χ0v) is 15.9. The van der Waals surface area contributed by atoms with Gasteiger partial charge in [0.15, 0.2) is 0 Å². The molecule has 0 unspecified atom stereocenters. The van der Waals surface area contributed by atoms with Crippen molar-refractivity contribution < 1.29 is 9.59 Å². The van der Waals surface area contributed by atoms with Crippen LogP contribution in [-0.2, 0) is 4.79 Å². The van der Waals surface area contributed by atoms with E-state index in [1.807, 2.05) is 66.4 Å². The fourth-order valence-electron chi connectivity index (χ4n) is 3.33. The third kappa shape index (κ3) is 3.36. The largest absolute Gasteiger partial charge is 0.339 e. The lowest BCUT2D eigenvalue weighted by atomic mass is 10.1. The summed E-state index contributed by atoms with van der Waals surface area (Å²) < 4.78 is 1.82. The van der Waals surface area contributed by atoms with Crippen molar-refractivity contribution in [1.82, 2.24) is 19.6 Å². The first kappa shape index (κ1) is 18.2. The van der Waals surface area contributed by atoms with Crippen LogP contribution in [0.15, 0.2) is 30.5 Å². The van der Waals surface area contributed by atoms with Crippen molar-refractivity contribution in [2.75, 3.05) is 26.2 Å². The van der Waals surface area contributed by atoms with Crippen LogP contribution in [0.3, 0.4) is 0 Å². The lowest BCUT2D eigenvalue weighted by Crippen LogP contribution is -2.51. The molecule has 0 N–H and O–H groups in total. The van der Waals surface area contributed by atoms with Gasteiger partial charge < -0.3 is 9.80 Å². The fraction of sp³-hybridized carbons (Fsp3) is 0.450. The molecule has 0 bridgehead atoms. The highest BCUT2D eigenvalue weighted by atomic mass is 16.2. The number of carbonyl (C=O) groups excluding carboxylic acids is 2. The third-order valence-electron chi connectivity index (χ3n) is 4.96. The second-order valence-electron chi connectivity index (χ2n) is 7.11. The van der Waals surface area contributed by atoms with Crippen LogP contribution < -0.4 is 0 Å². The molecule has 0 saturated carbocycles. The van der Waals surface area contributed by atoms with Gasteiger partial charge in [-0.05, 0) is 25.5 Å². The number of benzene rings is 1. The summed E-state index contributed by atoms with van der Waals surface area (Å²) in [5, 5.41) is 4.43. The molecule has 3 rings (SSSR count). The number of para-hydroxylation sites is 1. The Morgan fingerprint density at radius 2 is 1.62 bits per heavy atom. The van der Waals surface area contributed by atoms with Gasteiger partial charge in [-0.2, -0.15) is 5.10 Å². The molecule has 0 aliphatic carbocycles. The second-order valence-corrected chi connectivity index (χ2v) is 7.11. The highest BCUT2D eigenvalue weighted by Gasteiger charge is 2.27. The predicted octanol–water partition coefficient (Wildman–Crippen LogP) is 2.43. The monoisotopic (exact) mass is 354 g/mol. The normalized spacial score (nSPS) is 14.8. The third-order valence-corrected chi connectivity index (χ3v) is 4.96. The first-order valence-corrected chi connectivity index (χ1v) is 9.09. The average molecular weight is 354 g/mol. The van der Waals surface area contributed by atoms with Gasteiger partial charge >= 0.3 is 0 Å². The number of nitrogens with zero attached hydrogens (tertiary/aromatic N) is 4. The van der Waals surface area contributed by atoms with Crippen molar-refractivity contribution in [2.24, 2.45) is 5.92 Å². The average Bonchev–Trinajstić information content (AvgIpc) is 3.02. The van der Waals surface area contributed by atoms with Gasteiger partial charge in [0, 0.05) is 32.1 Å². The van der Waals surface area contributed by atoms with E-state index in [1.165, 1.54) is 0 Å². The molecule has 2 amide bonds. The second kappa shape index (κ2) is 7.32. The Kier molecular flexibility index (Phi) is 5.11. The van der Waals surface area contributed by atoms with Crippen LogP contribution in [0.2, 0.25) is 0 Å². The van der Waals surface area contributed by atoms with Gasteiger partial charge in [0.25, 0.3) is 5.91 Å². The molecule has 2 heterocycles. The van der Waals surface area contributed by atoms with E-state index in [1.54, 1.807) is 6.20 Å². The van der Waals surface area contributed by atoms with E-state index < -0.39 is 0 Å². The first-order valence-electron chi connectivity index (χ1n) is 9.09. The zero-order chi connectivity index (χ0) is 18.8. The molecule has 138 valence electrons. The lowest BCUT2D eigenvalue weighted by molar-refractivity contribution is -0.135. The maximum Gasteiger partial charge on any atom is 0.257 e. The summed E-state index contributed by atoms with van der Waals surface area (Å²) in [6.07, 6.45) is 1.65. The SMILES string of the molecule is Cc1ccccc1-n1ncc(C(=O)N2CCN(C(=O)C(C)C)CC2)c1C. The van der Waals surface area contributed by atoms with Crippen LogP contribution in [0.25, 0.3) is 5.69 Å². The van der Waals surface area contributed by atoms with E-state index >= 15 is 0 Å². The molecule has 1 saturated heterocycles. The molecular weight excluding hydrogens is 328 g/mol. The minimum Gasteiger partial charge on any atom is -0.339 e. The highest BCUT2D eigenvalue weighted by molar-refractivity contribution is 5.95. The number of aromatic nitrogens is 2. The summed E-state index contributed by atoms with van der Waals surface area (Å²) in [6, 6.07) is 7.99.